The van der Waals surface area contributed by atoms with Gasteiger partial charge >= 0.3 is 0 Å². The fraction of sp³-hybridized carbons (Fsp3) is 0.238. The Balaban J connectivity index is 1.72. The molecule has 0 spiro atoms. The third kappa shape index (κ3) is 3.53. The van der Waals surface area contributed by atoms with Gasteiger partial charge < -0.3 is 10.1 Å². The molecule has 0 aliphatic heterocycles. The standard InChI is InChI=1S/C21H19ClN4O3S/c1-4-16-25-18-12-6-5-7-23-20(12)30-19(18)21(28)26(16)10-17(27)24-14-8-11(2)13(22)9-15(14)29-3/h5-9H,4,10H2,1-3H3,(H,24,27). The predicted molar refractivity (Wildman–Crippen MR) is 120 cm³/mol. The van der Waals surface area contributed by atoms with E-state index in [2.05, 4.69) is 15.3 Å². The molecule has 9 heteroatoms. The Morgan fingerprint density at radius 3 is 2.90 bits per heavy atom. The maximum Gasteiger partial charge on any atom is 0.272 e. The van der Waals surface area contributed by atoms with Crippen LogP contribution in [0.1, 0.15) is 18.3 Å². The van der Waals surface area contributed by atoms with Crippen molar-refractivity contribution in [3.63, 3.8) is 0 Å². The summed E-state index contributed by atoms with van der Waals surface area (Å²) in [4.78, 5) is 35.7. The maximum atomic E-state index is 13.2. The van der Waals surface area contributed by atoms with E-state index < -0.39 is 0 Å². The molecule has 1 amide bonds. The molecule has 0 radical (unpaired) electrons. The first-order valence-electron chi connectivity index (χ1n) is 9.33. The lowest BCUT2D eigenvalue weighted by atomic mass is 10.2. The molecule has 7 nitrogen and oxygen atoms in total. The van der Waals surface area contributed by atoms with Crippen LogP contribution in [0.25, 0.3) is 20.4 Å². The summed E-state index contributed by atoms with van der Waals surface area (Å²) in [7, 11) is 1.50. The van der Waals surface area contributed by atoms with Gasteiger partial charge in [-0.05, 0) is 30.7 Å². The lowest BCUT2D eigenvalue weighted by molar-refractivity contribution is -0.116. The number of hydrogen-bond acceptors (Lipinski definition) is 6. The zero-order valence-electron chi connectivity index (χ0n) is 16.7. The normalized spacial score (nSPS) is 11.2. The number of amides is 1. The first kappa shape index (κ1) is 20.3. The van der Waals surface area contributed by atoms with E-state index in [-0.39, 0.29) is 18.0 Å². The summed E-state index contributed by atoms with van der Waals surface area (Å²) in [5.41, 5.74) is 1.70. The molecule has 3 heterocycles. The summed E-state index contributed by atoms with van der Waals surface area (Å²) in [6.45, 7) is 3.59. The number of aryl methyl sites for hydroxylation is 2. The summed E-state index contributed by atoms with van der Waals surface area (Å²) in [5, 5.41) is 4.21. The van der Waals surface area contributed by atoms with Gasteiger partial charge in [0, 0.05) is 29.1 Å². The zero-order chi connectivity index (χ0) is 21.4. The van der Waals surface area contributed by atoms with E-state index in [1.807, 2.05) is 26.0 Å². The number of nitrogens with one attached hydrogen (secondary N) is 1. The van der Waals surface area contributed by atoms with Crippen LogP contribution < -0.4 is 15.6 Å². The molecule has 0 unspecified atom stereocenters. The van der Waals surface area contributed by atoms with Crippen molar-refractivity contribution < 1.29 is 9.53 Å². The van der Waals surface area contributed by atoms with Crippen molar-refractivity contribution in [3.8, 4) is 5.75 Å². The van der Waals surface area contributed by atoms with Gasteiger partial charge in [-0.2, -0.15) is 0 Å². The van der Waals surface area contributed by atoms with Crippen LogP contribution in [-0.4, -0.2) is 27.6 Å². The van der Waals surface area contributed by atoms with Crippen molar-refractivity contribution >= 4 is 55.0 Å². The molecule has 0 saturated heterocycles. The third-order valence-corrected chi connectivity index (χ3v) is 6.30. The van der Waals surface area contributed by atoms with Gasteiger partial charge in [-0.3, -0.25) is 14.2 Å². The van der Waals surface area contributed by atoms with Gasteiger partial charge in [0.1, 0.15) is 27.6 Å². The minimum Gasteiger partial charge on any atom is -0.495 e. The molecule has 0 atom stereocenters. The number of anilines is 1. The Morgan fingerprint density at radius 2 is 2.17 bits per heavy atom. The number of carbonyl (C=O) groups excluding carboxylic acids is 1. The SMILES string of the molecule is CCc1nc2c(sc3ncccc32)c(=O)n1CC(=O)Nc1cc(C)c(Cl)cc1OC. The summed E-state index contributed by atoms with van der Waals surface area (Å²) in [6, 6.07) is 7.11. The molecular weight excluding hydrogens is 424 g/mol. The minimum atomic E-state index is -0.354. The first-order chi connectivity index (χ1) is 14.4. The molecule has 3 aromatic heterocycles. The number of nitrogens with zero attached hydrogens (tertiary/aromatic N) is 3. The van der Waals surface area contributed by atoms with Crippen molar-refractivity contribution in [3.05, 3.63) is 57.2 Å². The van der Waals surface area contributed by atoms with Crippen molar-refractivity contribution in [2.24, 2.45) is 0 Å². The van der Waals surface area contributed by atoms with Crippen LogP contribution in [0, 0.1) is 6.92 Å². The fourth-order valence-corrected chi connectivity index (χ4v) is 4.49. The van der Waals surface area contributed by atoms with Crippen LogP contribution in [0.4, 0.5) is 5.69 Å². The largest absolute Gasteiger partial charge is 0.495 e. The highest BCUT2D eigenvalue weighted by Crippen LogP contribution is 2.31. The fourth-order valence-electron chi connectivity index (χ4n) is 3.30. The van der Waals surface area contributed by atoms with Crippen LogP contribution in [0.15, 0.2) is 35.3 Å². The molecule has 1 N–H and O–H groups in total. The second-order valence-corrected chi connectivity index (χ2v) is 8.16. The number of thiophene rings is 1. The monoisotopic (exact) mass is 442 g/mol. The average molecular weight is 443 g/mol. The molecule has 0 bridgehead atoms. The Kier molecular flexibility index (Phi) is 5.44. The molecule has 4 aromatic rings. The van der Waals surface area contributed by atoms with Crippen LogP contribution in [-0.2, 0) is 17.8 Å². The second-order valence-electron chi connectivity index (χ2n) is 6.76. The predicted octanol–water partition coefficient (Wildman–Crippen LogP) is 4.18. The number of fused-ring (bicyclic) bond motifs is 3. The summed E-state index contributed by atoms with van der Waals surface area (Å²) in [6.07, 6.45) is 2.20. The Bertz CT molecular complexity index is 1350. The lowest BCUT2D eigenvalue weighted by Crippen LogP contribution is -2.30. The van der Waals surface area contributed by atoms with Gasteiger partial charge in [0.05, 0.1) is 18.3 Å². The maximum absolute atomic E-state index is 13.2. The molecule has 4 rings (SSSR count). The van der Waals surface area contributed by atoms with Gasteiger partial charge in [0.2, 0.25) is 5.91 Å². The van der Waals surface area contributed by atoms with Crippen LogP contribution in [0.3, 0.4) is 0 Å². The molecule has 30 heavy (non-hydrogen) atoms. The number of benzene rings is 1. The van der Waals surface area contributed by atoms with Crippen LogP contribution >= 0.6 is 22.9 Å². The number of halogens is 1. The number of methoxy groups -OCH3 is 1. The van der Waals surface area contributed by atoms with E-state index in [9.17, 15) is 9.59 Å². The third-order valence-electron chi connectivity index (χ3n) is 4.80. The van der Waals surface area contributed by atoms with Gasteiger partial charge in [0.15, 0.2) is 0 Å². The van der Waals surface area contributed by atoms with Gasteiger partial charge in [-0.25, -0.2) is 9.97 Å². The van der Waals surface area contributed by atoms with E-state index in [4.69, 9.17) is 16.3 Å². The van der Waals surface area contributed by atoms with Crippen molar-refractivity contribution in [1.82, 2.24) is 14.5 Å². The Hall–Kier alpha value is -2.97. The Morgan fingerprint density at radius 1 is 1.37 bits per heavy atom. The van der Waals surface area contributed by atoms with E-state index in [1.54, 1.807) is 18.3 Å². The van der Waals surface area contributed by atoms with Gasteiger partial charge in [0.25, 0.3) is 5.56 Å². The highest BCUT2D eigenvalue weighted by Gasteiger charge is 2.18. The van der Waals surface area contributed by atoms with Gasteiger partial charge in [-0.15, -0.1) is 11.3 Å². The van der Waals surface area contributed by atoms with Crippen molar-refractivity contribution in [2.75, 3.05) is 12.4 Å². The van der Waals surface area contributed by atoms with Crippen molar-refractivity contribution in [2.45, 2.75) is 26.8 Å². The zero-order valence-corrected chi connectivity index (χ0v) is 18.2. The first-order valence-corrected chi connectivity index (χ1v) is 10.5. The van der Waals surface area contributed by atoms with E-state index in [0.717, 1.165) is 15.8 Å². The summed E-state index contributed by atoms with van der Waals surface area (Å²) in [5.74, 6) is 0.642. The average Bonchev–Trinajstić information content (AvgIpc) is 3.11. The van der Waals surface area contributed by atoms with E-state index in [0.29, 0.717) is 38.9 Å². The van der Waals surface area contributed by atoms with Crippen LogP contribution in [0.5, 0.6) is 5.75 Å². The molecule has 0 fully saturated rings. The highest BCUT2D eigenvalue weighted by atomic mass is 35.5. The lowest BCUT2D eigenvalue weighted by Gasteiger charge is -2.14. The molecule has 0 aliphatic rings. The molecule has 1 aromatic carbocycles. The number of hydrogen-bond donors (Lipinski definition) is 1. The number of ether oxygens (including phenoxy) is 1. The number of pyridine rings is 1. The van der Waals surface area contributed by atoms with E-state index in [1.165, 1.54) is 23.0 Å². The molecule has 0 aliphatic carbocycles. The number of carbonyl (C=O) groups is 1. The smallest absolute Gasteiger partial charge is 0.272 e. The number of aromatic nitrogens is 3. The Labute approximate surface area is 181 Å². The van der Waals surface area contributed by atoms with Crippen LogP contribution in [0.2, 0.25) is 5.02 Å². The van der Waals surface area contributed by atoms with Crippen molar-refractivity contribution in [1.29, 1.82) is 0 Å². The second kappa shape index (κ2) is 8.04. The molecular formula is C21H19ClN4O3S. The summed E-state index contributed by atoms with van der Waals surface area (Å²) >= 11 is 7.42. The number of rotatable bonds is 5. The van der Waals surface area contributed by atoms with Gasteiger partial charge in [-0.1, -0.05) is 18.5 Å². The summed E-state index contributed by atoms with van der Waals surface area (Å²) < 4.78 is 7.22. The van der Waals surface area contributed by atoms with E-state index >= 15 is 0 Å². The minimum absolute atomic E-state index is 0.155. The molecule has 0 saturated carbocycles. The quantitative estimate of drug-likeness (QED) is 0.501. The molecule has 154 valence electrons. The highest BCUT2D eigenvalue weighted by molar-refractivity contribution is 7.25. The topological polar surface area (TPSA) is 86.1 Å².